The zero-order valence-electron chi connectivity index (χ0n) is 15.7. The quantitative estimate of drug-likeness (QED) is 0.257. The molecule has 0 aliphatic carbocycles. The van der Waals surface area contributed by atoms with E-state index >= 15 is 0 Å². The number of carbonyl (C=O) groups excluding carboxylic acids is 2. The number of carboxylic acids is 3. The van der Waals surface area contributed by atoms with Crippen LogP contribution in [-0.2, 0) is 9.59 Å². The van der Waals surface area contributed by atoms with Gasteiger partial charge in [0.25, 0.3) is 0 Å². The van der Waals surface area contributed by atoms with Gasteiger partial charge in [0.05, 0.1) is 36.0 Å². The molecule has 3 aromatic rings. The van der Waals surface area contributed by atoms with Gasteiger partial charge in [-0.05, 0) is 36.4 Å². The average Bonchev–Trinajstić information content (AvgIpc) is 3.40. The molecule has 0 unspecified atom stereocenters. The number of hydrogen-bond acceptors (Lipinski definition) is 8. The number of aromatic amines is 2. The maximum atomic E-state index is 10.3. The Balaban J connectivity index is 0.000000429. The number of benzene rings is 1. The van der Waals surface area contributed by atoms with Crippen LogP contribution in [0.15, 0.2) is 61.5 Å². The Hall–Kier alpha value is -4.15. The van der Waals surface area contributed by atoms with E-state index in [4.69, 9.17) is 10.2 Å². The molecule has 0 atom stereocenters. The van der Waals surface area contributed by atoms with Crippen molar-refractivity contribution in [2.45, 2.75) is 0 Å². The van der Waals surface area contributed by atoms with Crippen LogP contribution in [0.4, 0.5) is 0 Å². The normalized spacial score (nSPS) is 9.68. The largest absolute Gasteiger partial charge is 2.00 e. The monoisotopic (exact) mass is 492 g/mol. The first-order chi connectivity index (χ1) is 14.3. The second-order valence-corrected chi connectivity index (χ2v) is 5.12. The Morgan fingerprint density at radius 3 is 1.61 bits per heavy atom. The number of hydrogen-bond donors (Lipinski definition) is 4. The van der Waals surface area contributed by atoms with Crippen LogP contribution in [0.25, 0.3) is 12.2 Å². The van der Waals surface area contributed by atoms with Gasteiger partial charge in [0.15, 0.2) is 0 Å². The Labute approximate surface area is 186 Å². The number of carboxylic acid groups (broad SMARTS) is 3. The Kier molecular flexibility index (Phi) is 12.8. The van der Waals surface area contributed by atoms with E-state index in [0.29, 0.717) is 11.4 Å². The molecule has 0 spiro atoms. The van der Waals surface area contributed by atoms with Gasteiger partial charge in [-0.2, -0.15) is 0 Å². The van der Waals surface area contributed by atoms with E-state index < -0.39 is 17.9 Å². The van der Waals surface area contributed by atoms with Crippen molar-refractivity contribution >= 4 is 47.1 Å². The smallest absolute Gasteiger partial charge is 0.545 e. The number of para-hydroxylation sites is 1. The first-order valence-electron chi connectivity index (χ1n) is 8.06. The van der Waals surface area contributed by atoms with E-state index in [1.165, 1.54) is 36.9 Å². The van der Waals surface area contributed by atoms with Crippen LogP contribution in [-0.4, -0.2) is 65.1 Å². The Morgan fingerprint density at radius 1 is 0.871 bits per heavy atom. The van der Waals surface area contributed by atoms with Gasteiger partial charge in [0.2, 0.25) is 0 Å². The van der Waals surface area contributed by atoms with Crippen LogP contribution in [0.2, 0.25) is 0 Å². The van der Waals surface area contributed by atoms with Crippen molar-refractivity contribution in [1.29, 1.82) is 0 Å². The van der Waals surface area contributed by atoms with Crippen molar-refractivity contribution < 1.29 is 34.8 Å². The zero-order valence-corrected chi connectivity index (χ0v) is 17.4. The van der Waals surface area contributed by atoms with Crippen LogP contribution in [0.1, 0.15) is 21.7 Å². The predicted octanol–water partition coefficient (Wildman–Crippen LogP) is -0.945. The molecule has 1 aromatic carbocycles. The predicted molar refractivity (Wildman–Crippen MR) is 106 cm³/mol. The molecule has 2 aromatic heterocycles. The summed E-state index contributed by atoms with van der Waals surface area (Å²) in [6.07, 6.45) is 10.7. The number of nitrogens with one attached hydrogen (secondary N) is 2. The number of aromatic nitrogens is 4. The molecular weight excluding hydrogens is 475 g/mol. The molecule has 0 bridgehead atoms. The number of imidazole rings is 2. The van der Waals surface area contributed by atoms with Crippen molar-refractivity contribution in [2.24, 2.45) is 0 Å². The van der Waals surface area contributed by atoms with E-state index in [2.05, 4.69) is 19.9 Å². The molecule has 31 heavy (non-hydrogen) atoms. The summed E-state index contributed by atoms with van der Waals surface area (Å²) < 4.78 is 0. The third-order valence-electron chi connectivity index (χ3n) is 2.95. The molecule has 2 heterocycles. The zero-order chi connectivity index (χ0) is 22.4. The van der Waals surface area contributed by atoms with Crippen molar-refractivity contribution in [3.63, 3.8) is 0 Å². The van der Waals surface area contributed by atoms with Gasteiger partial charge in [0.1, 0.15) is 11.3 Å². The molecule has 0 aliphatic rings. The summed E-state index contributed by atoms with van der Waals surface area (Å²) >= 11 is 0. The summed E-state index contributed by atoms with van der Waals surface area (Å²) in [6.45, 7) is 0. The van der Waals surface area contributed by atoms with Crippen molar-refractivity contribution in [3.05, 3.63) is 78.4 Å². The fraction of sp³-hybridized carbons (Fsp3) is 0. The van der Waals surface area contributed by atoms with Crippen LogP contribution >= 0.6 is 0 Å². The number of carbonyl (C=O) groups is 3. The number of nitrogens with zero attached hydrogens (tertiary/aromatic N) is 2. The second kappa shape index (κ2) is 14.8. The molecule has 0 saturated carbocycles. The van der Waals surface area contributed by atoms with Gasteiger partial charge in [0, 0.05) is 12.4 Å². The minimum absolute atomic E-state index is 0. The topological polar surface area (TPSA) is 195 Å². The second-order valence-electron chi connectivity index (χ2n) is 5.12. The molecule has 0 saturated heterocycles. The van der Waals surface area contributed by atoms with Gasteiger partial charge in [-0.1, -0.05) is 12.1 Å². The molecule has 0 amide bonds. The van der Waals surface area contributed by atoms with Crippen molar-refractivity contribution in [3.8, 4) is 5.75 Å². The molecule has 11 nitrogen and oxygen atoms in total. The summed E-state index contributed by atoms with van der Waals surface area (Å²) in [7, 11) is 0. The molecule has 3 rings (SSSR count). The number of aromatic carboxylic acids is 1. The SMILES string of the molecule is O=C(O)c1ccccc1O.O=C([O-])C=Cc1c[nH]cn1.O=C([O-])C=Cc1c[nH]cn1.[Se+2]. The van der Waals surface area contributed by atoms with Gasteiger partial charge in [-0.3, -0.25) is 0 Å². The van der Waals surface area contributed by atoms with E-state index in [9.17, 15) is 24.6 Å². The van der Waals surface area contributed by atoms with Gasteiger partial charge in [-0.25, -0.2) is 14.8 Å². The Morgan fingerprint density at radius 2 is 1.32 bits per heavy atom. The van der Waals surface area contributed by atoms with Crippen LogP contribution in [0, 0.1) is 0 Å². The molecule has 4 N–H and O–H groups in total. The minimum atomic E-state index is -1.22. The van der Waals surface area contributed by atoms with Crippen LogP contribution in [0.3, 0.4) is 0 Å². The number of aliphatic carboxylic acids is 2. The maximum Gasteiger partial charge on any atom is 2.00 e. The summed E-state index contributed by atoms with van der Waals surface area (Å²) in [5.74, 6) is -3.75. The van der Waals surface area contributed by atoms with Crippen LogP contribution < -0.4 is 10.2 Å². The number of H-pyrrole nitrogens is 2. The first kappa shape index (κ1) is 26.8. The number of phenols is 1. The summed E-state index contributed by atoms with van der Waals surface area (Å²) in [5, 5.41) is 37.0. The Bertz CT molecular complexity index is 946. The fourth-order valence-corrected chi connectivity index (χ4v) is 1.69. The molecule has 4 radical (unpaired) electrons. The van der Waals surface area contributed by atoms with Gasteiger partial charge >= 0.3 is 23.0 Å². The van der Waals surface area contributed by atoms with E-state index in [-0.39, 0.29) is 28.4 Å². The molecular formula is C19H16N4O7Se. The van der Waals surface area contributed by atoms with Gasteiger partial charge in [-0.15, -0.1) is 0 Å². The third-order valence-corrected chi connectivity index (χ3v) is 2.95. The van der Waals surface area contributed by atoms with Crippen LogP contribution in [0.5, 0.6) is 5.75 Å². The minimum Gasteiger partial charge on any atom is -0.545 e. The standard InChI is InChI=1S/C7H6O3.2C6H6N2O2.Se/c8-6-4-2-1-3-5(6)7(9)10;2*9-6(10)2-1-5-3-7-4-8-5;/h1-4,8H,(H,9,10);2*1-4H,(H,7,8)(H,9,10);/q;;;+2/p-2. The van der Waals surface area contributed by atoms with Crippen molar-refractivity contribution in [1.82, 2.24) is 19.9 Å². The molecule has 0 aliphatic heterocycles. The molecule has 0 fully saturated rings. The number of aromatic hydroxyl groups is 1. The first-order valence-corrected chi connectivity index (χ1v) is 8.06. The van der Waals surface area contributed by atoms with E-state index in [1.54, 1.807) is 24.5 Å². The molecule has 12 heteroatoms. The summed E-state index contributed by atoms with van der Waals surface area (Å²) in [4.78, 5) is 42.8. The van der Waals surface area contributed by atoms with E-state index in [0.717, 1.165) is 12.2 Å². The van der Waals surface area contributed by atoms with Crippen molar-refractivity contribution in [2.75, 3.05) is 0 Å². The molecule has 160 valence electrons. The fourth-order valence-electron chi connectivity index (χ4n) is 1.69. The van der Waals surface area contributed by atoms with Gasteiger partial charge < -0.3 is 40.0 Å². The summed E-state index contributed by atoms with van der Waals surface area (Å²) in [5.41, 5.74) is 1.08. The maximum absolute atomic E-state index is 10.3. The summed E-state index contributed by atoms with van der Waals surface area (Å²) in [6, 6.07) is 5.81. The van der Waals surface area contributed by atoms with E-state index in [1.807, 2.05) is 0 Å². The number of rotatable bonds is 5. The third kappa shape index (κ3) is 12.1. The average molecular weight is 491 g/mol.